The lowest BCUT2D eigenvalue weighted by Crippen LogP contribution is -2.36. The molecular formula is C14H23NO4. The number of hydrogen-bond donors (Lipinski definition) is 2. The topological polar surface area (TPSA) is 62.2 Å². The van der Waals surface area contributed by atoms with Gasteiger partial charge in [0.25, 0.3) is 0 Å². The number of aliphatic hydroxyl groups is 2. The molecule has 0 aliphatic heterocycles. The summed E-state index contributed by atoms with van der Waals surface area (Å²) in [5.41, 5.74) is 0.874. The lowest BCUT2D eigenvalue weighted by Gasteiger charge is -2.28. The number of nitrogens with zero attached hydrogens (tertiary/aromatic N) is 1. The Hall–Kier alpha value is -1.46. The number of ether oxygens (including phenoxy) is 2. The molecule has 0 amide bonds. The minimum atomic E-state index is -0.480. The molecule has 0 aliphatic carbocycles. The van der Waals surface area contributed by atoms with E-state index < -0.39 is 12.2 Å². The number of rotatable bonds is 7. The second-order valence-electron chi connectivity index (χ2n) is 4.64. The Kier molecular flexibility index (Phi) is 5.92. The quantitative estimate of drug-likeness (QED) is 0.780. The lowest BCUT2D eigenvalue weighted by molar-refractivity contribution is 0.178. The molecule has 19 heavy (non-hydrogen) atoms. The van der Waals surface area contributed by atoms with Crippen LogP contribution in [0.25, 0.3) is 0 Å². The Bertz CT molecular complexity index is 383. The summed E-state index contributed by atoms with van der Waals surface area (Å²) in [6.07, 6.45) is -0.960. The van der Waals surface area contributed by atoms with E-state index >= 15 is 0 Å². The standard InChI is InChI=1S/C14H23NO4/c1-10(16)8-15(9-11(2)17)12-5-6-13(18-3)14(7-12)19-4/h5-7,10-11,16-17H,8-9H2,1-4H3/t10-,11+. The zero-order valence-electron chi connectivity index (χ0n) is 12.0. The van der Waals surface area contributed by atoms with Gasteiger partial charge < -0.3 is 24.6 Å². The van der Waals surface area contributed by atoms with Crippen molar-refractivity contribution < 1.29 is 19.7 Å². The smallest absolute Gasteiger partial charge is 0.162 e. The first-order valence-corrected chi connectivity index (χ1v) is 6.31. The van der Waals surface area contributed by atoms with Gasteiger partial charge in [0.15, 0.2) is 11.5 Å². The highest BCUT2D eigenvalue weighted by Gasteiger charge is 2.14. The maximum Gasteiger partial charge on any atom is 0.162 e. The molecular weight excluding hydrogens is 246 g/mol. The molecule has 0 spiro atoms. The van der Waals surface area contributed by atoms with Crippen molar-refractivity contribution >= 4 is 5.69 Å². The van der Waals surface area contributed by atoms with Crippen LogP contribution >= 0.6 is 0 Å². The van der Waals surface area contributed by atoms with Crippen molar-refractivity contribution in [3.63, 3.8) is 0 Å². The van der Waals surface area contributed by atoms with E-state index in [-0.39, 0.29) is 0 Å². The fourth-order valence-corrected chi connectivity index (χ4v) is 1.94. The Morgan fingerprint density at radius 3 is 1.95 bits per heavy atom. The number of aliphatic hydroxyl groups excluding tert-OH is 2. The fourth-order valence-electron chi connectivity index (χ4n) is 1.94. The Morgan fingerprint density at radius 1 is 1.00 bits per heavy atom. The zero-order chi connectivity index (χ0) is 14.4. The number of hydrogen-bond acceptors (Lipinski definition) is 5. The molecule has 1 aromatic carbocycles. The van der Waals surface area contributed by atoms with E-state index in [1.807, 2.05) is 23.1 Å². The van der Waals surface area contributed by atoms with Gasteiger partial charge in [0, 0.05) is 24.8 Å². The molecule has 0 unspecified atom stereocenters. The van der Waals surface area contributed by atoms with Crippen LogP contribution in [0, 0.1) is 0 Å². The average molecular weight is 269 g/mol. The predicted octanol–water partition coefficient (Wildman–Crippen LogP) is 1.27. The van der Waals surface area contributed by atoms with E-state index in [2.05, 4.69) is 0 Å². The van der Waals surface area contributed by atoms with Crippen LogP contribution in [0.1, 0.15) is 13.8 Å². The first-order valence-electron chi connectivity index (χ1n) is 6.31. The van der Waals surface area contributed by atoms with Crippen LogP contribution in [-0.4, -0.2) is 49.7 Å². The van der Waals surface area contributed by atoms with Crippen LogP contribution in [0.4, 0.5) is 5.69 Å². The second-order valence-corrected chi connectivity index (χ2v) is 4.64. The van der Waals surface area contributed by atoms with Gasteiger partial charge in [-0.1, -0.05) is 0 Å². The Balaban J connectivity index is 3.00. The minimum absolute atomic E-state index is 0.445. The number of benzene rings is 1. The van der Waals surface area contributed by atoms with E-state index in [0.717, 1.165) is 5.69 Å². The van der Waals surface area contributed by atoms with Gasteiger partial charge in [0.2, 0.25) is 0 Å². The molecule has 5 heteroatoms. The summed E-state index contributed by atoms with van der Waals surface area (Å²) in [5.74, 6) is 1.28. The van der Waals surface area contributed by atoms with Gasteiger partial charge in [-0.05, 0) is 26.0 Å². The maximum atomic E-state index is 9.55. The fraction of sp³-hybridized carbons (Fsp3) is 0.571. The molecule has 5 nitrogen and oxygen atoms in total. The minimum Gasteiger partial charge on any atom is -0.493 e. The van der Waals surface area contributed by atoms with Gasteiger partial charge in [-0.3, -0.25) is 0 Å². The zero-order valence-corrected chi connectivity index (χ0v) is 12.0. The summed E-state index contributed by atoms with van der Waals surface area (Å²) in [5, 5.41) is 19.1. The summed E-state index contributed by atoms with van der Waals surface area (Å²) in [6, 6.07) is 5.53. The molecule has 1 aromatic rings. The molecule has 0 aliphatic rings. The summed E-state index contributed by atoms with van der Waals surface area (Å²) < 4.78 is 10.5. The third-order valence-corrected chi connectivity index (χ3v) is 2.70. The highest BCUT2D eigenvalue weighted by molar-refractivity contribution is 5.56. The van der Waals surface area contributed by atoms with E-state index in [4.69, 9.17) is 9.47 Å². The number of methoxy groups -OCH3 is 2. The third kappa shape index (κ3) is 4.61. The average Bonchev–Trinajstić information content (AvgIpc) is 2.36. The first-order chi connectivity index (χ1) is 8.97. The van der Waals surface area contributed by atoms with E-state index in [1.165, 1.54) is 0 Å². The SMILES string of the molecule is COc1ccc(N(C[C@H](C)O)C[C@@H](C)O)cc1OC. The van der Waals surface area contributed by atoms with Crippen LogP contribution < -0.4 is 14.4 Å². The molecule has 0 heterocycles. The van der Waals surface area contributed by atoms with Gasteiger partial charge in [-0.2, -0.15) is 0 Å². The van der Waals surface area contributed by atoms with Gasteiger partial charge >= 0.3 is 0 Å². The van der Waals surface area contributed by atoms with Crippen LogP contribution in [0.5, 0.6) is 11.5 Å². The molecule has 0 radical (unpaired) electrons. The summed E-state index contributed by atoms with van der Waals surface area (Å²) in [6.45, 7) is 4.33. The summed E-state index contributed by atoms with van der Waals surface area (Å²) in [4.78, 5) is 1.91. The predicted molar refractivity (Wildman–Crippen MR) is 75.1 cm³/mol. The van der Waals surface area contributed by atoms with Crippen molar-refractivity contribution in [2.24, 2.45) is 0 Å². The molecule has 1 rings (SSSR count). The summed E-state index contributed by atoms with van der Waals surface area (Å²) in [7, 11) is 3.16. The largest absolute Gasteiger partial charge is 0.493 e. The van der Waals surface area contributed by atoms with Crippen molar-refractivity contribution in [3.05, 3.63) is 18.2 Å². The molecule has 0 saturated carbocycles. The van der Waals surface area contributed by atoms with Crippen LogP contribution in [0.3, 0.4) is 0 Å². The van der Waals surface area contributed by atoms with Crippen molar-refractivity contribution in [1.29, 1.82) is 0 Å². The summed E-state index contributed by atoms with van der Waals surface area (Å²) >= 11 is 0. The second kappa shape index (κ2) is 7.21. The van der Waals surface area contributed by atoms with Crippen molar-refractivity contribution in [1.82, 2.24) is 0 Å². The van der Waals surface area contributed by atoms with Gasteiger partial charge in [-0.15, -0.1) is 0 Å². The van der Waals surface area contributed by atoms with Crippen molar-refractivity contribution in [3.8, 4) is 11.5 Å². The van der Waals surface area contributed by atoms with Crippen molar-refractivity contribution in [2.75, 3.05) is 32.2 Å². The molecule has 2 N–H and O–H groups in total. The molecule has 2 atom stereocenters. The van der Waals surface area contributed by atoms with Crippen LogP contribution in [0.15, 0.2) is 18.2 Å². The van der Waals surface area contributed by atoms with Gasteiger partial charge in [0.1, 0.15) is 0 Å². The van der Waals surface area contributed by atoms with E-state index in [0.29, 0.717) is 24.6 Å². The third-order valence-electron chi connectivity index (χ3n) is 2.70. The number of anilines is 1. The van der Waals surface area contributed by atoms with Crippen LogP contribution in [0.2, 0.25) is 0 Å². The Labute approximate surface area is 114 Å². The van der Waals surface area contributed by atoms with E-state index in [9.17, 15) is 10.2 Å². The molecule has 0 bridgehead atoms. The monoisotopic (exact) mass is 269 g/mol. The highest BCUT2D eigenvalue weighted by Crippen LogP contribution is 2.31. The lowest BCUT2D eigenvalue weighted by atomic mass is 10.2. The van der Waals surface area contributed by atoms with Gasteiger partial charge in [-0.25, -0.2) is 0 Å². The normalized spacial score (nSPS) is 13.8. The molecule has 108 valence electrons. The van der Waals surface area contributed by atoms with Crippen LogP contribution in [-0.2, 0) is 0 Å². The van der Waals surface area contributed by atoms with E-state index in [1.54, 1.807) is 28.1 Å². The molecule has 0 saturated heterocycles. The Morgan fingerprint density at radius 2 is 1.53 bits per heavy atom. The highest BCUT2D eigenvalue weighted by atomic mass is 16.5. The van der Waals surface area contributed by atoms with Crippen molar-refractivity contribution in [2.45, 2.75) is 26.1 Å². The molecule has 0 fully saturated rings. The molecule has 0 aromatic heterocycles. The first kappa shape index (κ1) is 15.6. The van der Waals surface area contributed by atoms with Gasteiger partial charge in [0.05, 0.1) is 26.4 Å². The maximum absolute atomic E-state index is 9.55.